The number of likely N-dealkylation sites (tertiary alicyclic amines) is 1. The van der Waals surface area contributed by atoms with Crippen molar-refractivity contribution in [1.82, 2.24) is 14.5 Å². The van der Waals surface area contributed by atoms with Gasteiger partial charge in [0.2, 0.25) is 0 Å². The Labute approximate surface area is 163 Å². The largest absolute Gasteiger partial charge is 0.478 e. The summed E-state index contributed by atoms with van der Waals surface area (Å²) in [6.07, 6.45) is 2.09. The van der Waals surface area contributed by atoms with Gasteiger partial charge in [0.05, 0.1) is 23.1 Å². The molecule has 1 aromatic heterocycles. The Morgan fingerprint density at radius 2 is 1.89 bits per heavy atom. The van der Waals surface area contributed by atoms with Crippen LogP contribution < -0.4 is 0 Å². The third kappa shape index (κ3) is 3.64. The van der Waals surface area contributed by atoms with Crippen LogP contribution in [0, 0.1) is 5.82 Å². The number of benzene rings is 2. The first kappa shape index (κ1) is 18.6. The second-order valence-corrected chi connectivity index (χ2v) is 7.38. The van der Waals surface area contributed by atoms with E-state index < -0.39 is 5.97 Å². The SMILES string of the molecule is CCn1c(CN2CCC(c3ccc(F)cc3)CC2)nc2cc(C(=O)O)ccc21. The second kappa shape index (κ2) is 7.72. The van der Waals surface area contributed by atoms with Gasteiger partial charge in [-0.3, -0.25) is 4.90 Å². The first-order valence-electron chi connectivity index (χ1n) is 9.75. The summed E-state index contributed by atoms with van der Waals surface area (Å²) in [5, 5.41) is 9.21. The molecule has 0 amide bonds. The molecule has 2 heterocycles. The summed E-state index contributed by atoms with van der Waals surface area (Å²) in [5.41, 5.74) is 3.18. The van der Waals surface area contributed by atoms with Crippen LogP contribution in [0.2, 0.25) is 0 Å². The fourth-order valence-corrected chi connectivity index (χ4v) is 4.15. The molecule has 1 aliphatic rings. The number of hydrogen-bond donors (Lipinski definition) is 1. The van der Waals surface area contributed by atoms with Crippen LogP contribution in [0.5, 0.6) is 0 Å². The highest BCUT2D eigenvalue weighted by Crippen LogP contribution is 2.29. The zero-order valence-electron chi connectivity index (χ0n) is 15.9. The Balaban J connectivity index is 1.48. The zero-order valence-corrected chi connectivity index (χ0v) is 15.9. The van der Waals surface area contributed by atoms with E-state index in [0.717, 1.165) is 55.9 Å². The minimum atomic E-state index is -0.933. The minimum Gasteiger partial charge on any atom is -0.478 e. The summed E-state index contributed by atoms with van der Waals surface area (Å²) in [7, 11) is 0. The van der Waals surface area contributed by atoms with E-state index in [2.05, 4.69) is 16.4 Å². The van der Waals surface area contributed by atoms with Gasteiger partial charge >= 0.3 is 5.97 Å². The van der Waals surface area contributed by atoms with Crippen molar-refractivity contribution in [2.75, 3.05) is 13.1 Å². The number of fused-ring (bicyclic) bond motifs is 1. The quantitative estimate of drug-likeness (QED) is 0.717. The van der Waals surface area contributed by atoms with Crippen molar-refractivity contribution in [1.29, 1.82) is 0 Å². The molecule has 1 saturated heterocycles. The van der Waals surface area contributed by atoms with Gasteiger partial charge in [0.25, 0.3) is 0 Å². The van der Waals surface area contributed by atoms with E-state index in [-0.39, 0.29) is 11.4 Å². The molecule has 3 aromatic rings. The van der Waals surface area contributed by atoms with E-state index in [4.69, 9.17) is 4.98 Å². The average Bonchev–Trinajstić information content (AvgIpc) is 3.05. The smallest absolute Gasteiger partial charge is 0.335 e. The number of piperidine rings is 1. The van der Waals surface area contributed by atoms with Gasteiger partial charge in [-0.1, -0.05) is 12.1 Å². The van der Waals surface area contributed by atoms with Crippen molar-refractivity contribution in [3.8, 4) is 0 Å². The maximum Gasteiger partial charge on any atom is 0.335 e. The monoisotopic (exact) mass is 381 g/mol. The third-order valence-electron chi connectivity index (χ3n) is 5.68. The van der Waals surface area contributed by atoms with Crippen LogP contribution in [0.1, 0.15) is 47.4 Å². The van der Waals surface area contributed by atoms with E-state index in [1.165, 1.54) is 17.7 Å². The molecular formula is C22H24FN3O2. The lowest BCUT2D eigenvalue weighted by molar-refractivity contribution is 0.0697. The van der Waals surface area contributed by atoms with Crippen LogP contribution in [0.3, 0.4) is 0 Å². The summed E-state index contributed by atoms with van der Waals surface area (Å²) in [6, 6.07) is 12.0. The number of aryl methyl sites for hydroxylation is 1. The molecule has 1 aliphatic heterocycles. The van der Waals surface area contributed by atoms with Crippen LogP contribution in [-0.2, 0) is 13.1 Å². The molecule has 1 fully saturated rings. The third-order valence-corrected chi connectivity index (χ3v) is 5.68. The number of rotatable bonds is 5. The standard InChI is InChI=1S/C22H24FN3O2/c1-2-26-20-8-5-17(22(27)28)13-19(20)24-21(26)14-25-11-9-16(10-12-25)15-3-6-18(23)7-4-15/h3-8,13,16H,2,9-12,14H2,1H3,(H,27,28). The molecule has 0 unspecified atom stereocenters. The number of imidazole rings is 1. The molecule has 6 heteroatoms. The predicted molar refractivity (Wildman–Crippen MR) is 106 cm³/mol. The molecule has 28 heavy (non-hydrogen) atoms. The lowest BCUT2D eigenvalue weighted by atomic mass is 9.89. The van der Waals surface area contributed by atoms with Crippen molar-refractivity contribution in [2.45, 2.75) is 38.8 Å². The number of carbonyl (C=O) groups is 1. The van der Waals surface area contributed by atoms with Gasteiger partial charge in [-0.2, -0.15) is 0 Å². The number of hydrogen-bond acceptors (Lipinski definition) is 3. The Bertz CT molecular complexity index is 989. The zero-order chi connectivity index (χ0) is 19.7. The average molecular weight is 381 g/mol. The van der Waals surface area contributed by atoms with Crippen LogP contribution in [-0.4, -0.2) is 38.6 Å². The van der Waals surface area contributed by atoms with Crippen molar-refractivity contribution in [2.24, 2.45) is 0 Å². The number of carboxylic acid groups (broad SMARTS) is 1. The molecule has 0 aliphatic carbocycles. The Morgan fingerprint density at radius 1 is 1.18 bits per heavy atom. The number of aromatic nitrogens is 2. The molecule has 4 rings (SSSR count). The van der Waals surface area contributed by atoms with Gasteiger partial charge in [0.15, 0.2) is 0 Å². The van der Waals surface area contributed by atoms with E-state index >= 15 is 0 Å². The van der Waals surface area contributed by atoms with Crippen LogP contribution in [0.15, 0.2) is 42.5 Å². The van der Waals surface area contributed by atoms with Gasteiger partial charge in [-0.15, -0.1) is 0 Å². The number of halogens is 1. The number of nitrogens with zero attached hydrogens (tertiary/aromatic N) is 3. The highest BCUT2D eigenvalue weighted by Gasteiger charge is 2.22. The fourth-order valence-electron chi connectivity index (χ4n) is 4.15. The molecule has 2 aromatic carbocycles. The molecule has 1 N–H and O–H groups in total. The maximum atomic E-state index is 13.1. The summed E-state index contributed by atoms with van der Waals surface area (Å²) in [4.78, 5) is 18.3. The lowest BCUT2D eigenvalue weighted by Gasteiger charge is -2.32. The molecular weight excluding hydrogens is 357 g/mol. The molecule has 0 bridgehead atoms. The van der Waals surface area contributed by atoms with E-state index in [9.17, 15) is 14.3 Å². The summed E-state index contributed by atoms with van der Waals surface area (Å²) < 4.78 is 15.3. The molecule has 0 spiro atoms. The van der Waals surface area contributed by atoms with E-state index in [0.29, 0.717) is 5.92 Å². The highest BCUT2D eigenvalue weighted by molar-refractivity contribution is 5.92. The van der Waals surface area contributed by atoms with Gasteiger partial charge in [0, 0.05) is 6.54 Å². The number of aromatic carboxylic acids is 1. The summed E-state index contributed by atoms with van der Waals surface area (Å²) >= 11 is 0. The van der Waals surface area contributed by atoms with Crippen LogP contribution >= 0.6 is 0 Å². The molecule has 0 atom stereocenters. The highest BCUT2D eigenvalue weighted by atomic mass is 19.1. The Kier molecular flexibility index (Phi) is 5.13. The van der Waals surface area contributed by atoms with E-state index in [1.807, 2.05) is 18.2 Å². The Hall–Kier alpha value is -2.73. The minimum absolute atomic E-state index is 0.189. The summed E-state index contributed by atoms with van der Waals surface area (Å²) in [6.45, 7) is 5.56. The fraction of sp³-hybridized carbons (Fsp3) is 0.364. The molecule has 5 nitrogen and oxygen atoms in total. The van der Waals surface area contributed by atoms with Crippen molar-refractivity contribution in [3.63, 3.8) is 0 Å². The first-order chi connectivity index (χ1) is 13.5. The van der Waals surface area contributed by atoms with E-state index in [1.54, 1.807) is 12.1 Å². The first-order valence-corrected chi connectivity index (χ1v) is 9.75. The predicted octanol–water partition coefficient (Wildman–Crippen LogP) is 4.27. The van der Waals surface area contributed by atoms with Crippen LogP contribution in [0.4, 0.5) is 4.39 Å². The van der Waals surface area contributed by atoms with Crippen molar-refractivity contribution >= 4 is 17.0 Å². The van der Waals surface area contributed by atoms with Gasteiger partial charge in [-0.05, 0) is 74.7 Å². The van der Waals surface area contributed by atoms with Gasteiger partial charge in [-0.25, -0.2) is 14.2 Å². The topological polar surface area (TPSA) is 58.4 Å². The van der Waals surface area contributed by atoms with Crippen molar-refractivity contribution in [3.05, 3.63) is 65.2 Å². The van der Waals surface area contributed by atoms with Crippen LogP contribution in [0.25, 0.3) is 11.0 Å². The molecule has 0 saturated carbocycles. The van der Waals surface area contributed by atoms with Crippen molar-refractivity contribution < 1.29 is 14.3 Å². The van der Waals surface area contributed by atoms with Gasteiger partial charge < -0.3 is 9.67 Å². The number of carboxylic acids is 1. The molecule has 146 valence electrons. The lowest BCUT2D eigenvalue weighted by Crippen LogP contribution is -2.33. The second-order valence-electron chi connectivity index (χ2n) is 7.38. The Morgan fingerprint density at radius 3 is 2.54 bits per heavy atom. The maximum absolute atomic E-state index is 13.1. The normalized spacial score (nSPS) is 15.9. The molecule has 0 radical (unpaired) electrons. The summed E-state index contributed by atoms with van der Waals surface area (Å²) in [5.74, 6) is 0.323. The van der Waals surface area contributed by atoms with Gasteiger partial charge in [0.1, 0.15) is 11.6 Å².